The average Bonchev–Trinajstić information content (AvgIpc) is 2.59. The zero-order chi connectivity index (χ0) is 15.6. The number of nitro groups is 1. The van der Waals surface area contributed by atoms with Gasteiger partial charge in [0.1, 0.15) is 5.02 Å². The molecule has 0 spiro atoms. The van der Waals surface area contributed by atoms with Crippen LogP contribution in [-0.4, -0.2) is 39.5 Å². The van der Waals surface area contributed by atoms with E-state index in [1.807, 2.05) is 0 Å². The highest BCUT2D eigenvalue weighted by Crippen LogP contribution is 2.30. The largest absolute Gasteiger partial charge is 0.390 e. The van der Waals surface area contributed by atoms with Crippen LogP contribution in [0.15, 0.2) is 18.2 Å². The first-order valence-corrected chi connectivity index (χ1v) is 7.14. The zero-order valence-corrected chi connectivity index (χ0v) is 12.5. The molecule has 2 rings (SSSR count). The van der Waals surface area contributed by atoms with Gasteiger partial charge in [0.25, 0.3) is 11.6 Å². The first-order chi connectivity index (χ1) is 9.82. The Morgan fingerprint density at radius 1 is 1.43 bits per heavy atom. The molecule has 1 amide bonds. The number of halogens is 1. The van der Waals surface area contributed by atoms with Gasteiger partial charge >= 0.3 is 0 Å². The highest BCUT2D eigenvalue weighted by Gasteiger charge is 2.29. The smallest absolute Gasteiger partial charge is 0.288 e. The maximum atomic E-state index is 12.5. The summed E-state index contributed by atoms with van der Waals surface area (Å²) in [4.78, 5) is 24.4. The van der Waals surface area contributed by atoms with E-state index in [-0.39, 0.29) is 22.2 Å². The van der Waals surface area contributed by atoms with E-state index < -0.39 is 10.5 Å². The number of aliphatic hydroxyl groups is 1. The Kier molecular flexibility index (Phi) is 4.49. The summed E-state index contributed by atoms with van der Waals surface area (Å²) in [6.45, 7) is 2.67. The topological polar surface area (TPSA) is 83.7 Å². The zero-order valence-electron chi connectivity index (χ0n) is 11.7. The van der Waals surface area contributed by atoms with Crippen LogP contribution in [-0.2, 0) is 0 Å². The number of carbonyl (C=O) groups excluding carboxylic acids is 1. The molecular weight excluding hydrogens is 296 g/mol. The number of carbonyl (C=O) groups is 1. The predicted molar refractivity (Wildman–Crippen MR) is 78.5 cm³/mol. The Morgan fingerprint density at radius 3 is 2.81 bits per heavy atom. The van der Waals surface area contributed by atoms with Crippen LogP contribution in [0.1, 0.15) is 36.5 Å². The van der Waals surface area contributed by atoms with Gasteiger partial charge in [-0.3, -0.25) is 14.9 Å². The molecule has 21 heavy (non-hydrogen) atoms. The van der Waals surface area contributed by atoms with Crippen molar-refractivity contribution in [2.24, 2.45) is 0 Å². The van der Waals surface area contributed by atoms with Crippen molar-refractivity contribution >= 4 is 23.2 Å². The molecule has 1 N–H and O–H groups in total. The van der Waals surface area contributed by atoms with Crippen molar-refractivity contribution in [3.8, 4) is 0 Å². The fraction of sp³-hybridized carbons (Fsp3) is 0.500. The predicted octanol–water partition coefficient (Wildman–Crippen LogP) is 2.63. The molecule has 1 heterocycles. The van der Waals surface area contributed by atoms with Crippen LogP contribution in [0.4, 0.5) is 5.69 Å². The summed E-state index contributed by atoms with van der Waals surface area (Å²) in [7, 11) is 0. The summed E-state index contributed by atoms with van der Waals surface area (Å²) >= 11 is 5.98. The third-order valence-electron chi connectivity index (χ3n) is 3.76. The van der Waals surface area contributed by atoms with Gasteiger partial charge in [-0.15, -0.1) is 0 Å². The van der Waals surface area contributed by atoms with Crippen LogP contribution in [0.2, 0.25) is 5.02 Å². The monoisotopic (exact) mass is 312 g/mol. The first-order valence-electron chi connectivity index (χ1n) is 6.76. The van der Waals surface area contributed by atoms with Crippen LogP contribution < -0.4 is 0 Å². The SMILES string of the molecule is CC1(O)CCCN(C(=O)c2cccc([N+](=O)[O-])c2Cl)CC1. The van der Waals surface area contributed by atoms with Crippen molar-refractivity contribution in [1.29, 1.82) is 0 Å². The molecule has 7 heteroatoms. The molecule has 1 aliphatic heterocycles. The molecule has 6 nitrogen and oxygen atoms in total. The molecule has 1 fully saturated rings. The lowest BCUT2D eigenvalue weighted by atomic mass is 9.98. The van der Waals surface area contributed by atoms with Crippen molar-refractivity contribution in [3.63, 3.8) is 0 Å². The lowest BCUT2D eigenvalue weighted by Gasteiger charge is -2.23. The van der Waals surface area contributed by atoms with E-state index in [4.69, 9.17) is 11.6 Å². The van der Waals surface area contributed by atoms with Crippen LogP contribution in [0, 0.1) is 10.1 Å². The molecular formula is C14H17ClN2O4. The minimum Gasteiger partial charge on any atom is -0.390 e. The quantitative estimate of drug-likeness (QED) is 0.672. The third-order valence-corrected chi connectivity index (χ3v) is 4.15. The van der Waals surface area contributed by atoms with Crippen LogP contribution in [0.5, 0.6) is 0 Å². The Labute approximate surface area is 127 Å². The normalized spacial score (nSPS) is 22.7. The average molecular weight is 313 g/mol. The van der Waals surface area contributed by atoms with E-state index in [1.54, 1.807) is 11.8 Å². The lowest BCUT2D eigenvalue weighted by molar-refractivity contribution is -0.384. The maximum Gasteiger partial charge on any atom is 0.288 e. The van der Waals surface area contributed by atoms with E-state index in [0.717, 1.165) is 0 Å². The Balaban J connectivity index is 2.24. The van der Waals surface area contributed by atoms with Crippen molar-refractivity contribution in [1.82, 2.24) is 4.90 Å². The van der Waals surface area contributed by atoms with Crippen molar-refractivity contribution in [2.75, 3.05) is 13.1 Å². The highest BCUT2D eigenvalue weighted by molar-refractivity contribution is 6.35. The molecule has 114 valence electrons. The van der Waals surface area contributed by atoms with Crippen molar-refractivity contribution < 1.29 is 14.8 Å². The fourth-order valence-electron chi connectivity index (χ4n) is 2.46. The maximum absolute atomic E-state index is 12.5. The van der Waals surface area contributed by atoms with Gasteiger partial charge in [-0.05, 0) is 32.3 Å². The summed E-state index contributed by atoms with van der Waals surface area (Å²) in [6, 6.07) is 4.21. The molecule has 1 aliphatic rings. The number of nitrogens with zero attached hydrogens (tertiary/aromatic N) is 2. The van der Waals surface area contributed by atoms with Gasteiger partial charge < -0.3 is 10.0 Å². The van der Waals surface area contributed by atoms with Crippen LogP contribution >= 0.6 is 11.6 Å². The number of hydrogen-bond acceptors (Lipinski definition) is 4. The molecule has 1 aromatic carbocycles. The second-order valence-corrected chi connectivity index (χ2v) is 5.92. The number of benzene rings is 1. The molecule has 0 radical (unpaired) electrons. The number of hydrogen-bond donors (Lipinski definition) is 1. The molecule has 0 aromatic heterocycles. The second-order valence-electron chi connectivity index (χ2n) is 5.54. The summed E-state index contributed by atoms with van der Waals surface area (Å²) in [6.07, 6.45) is 1.79. The Bertz CT molecular complexity index is 574. The van der Waals surface area contributed by atoms with E-state index in [1.165, 1.54) is 18.2 Å². The number of amides is 1. The van der Waals surface area contributed by atoms with E-state index >= 15 is 0 Å². The molecule has 1 atom stereocenters. The molecule has 1 aromatic rings. The summed E-state index contributed by atoms with van der Waals surface area (Å²) in [5.41, 5.74) is -0.918. The van der Waals surface area contributed by atoms with Gasteiger partial charge in [-0.2, -0.15) is 0 Å². The Hall–Kier alpha value is -1.66. The number of nitro benzene ring substituents is 1. The summed E-state index contributed by atoms with van der Waals surface area (Å²) < 4.78 is 0. The minimum absolute atomic E-state index is 0.132. The van der Waals surface area contributed by atoms with E-state index in [2.05, 4.69) is 0 Å². The molecule has 1 saturated heterocycles. The molecule has 1 unspecified atom stereocenters. The number of likely N-dealkylation sites (tertiary alicyclic amines) is 1. The molecule has 0 bridgehead atoms. The highest BCUT2D eigenvalue weighted by atomic mass is 35.5. The summed E-state index contributed by atoms with van der Waals surface area (Å²) in [5, 5.41) is 20.8. The standard InChI is InChI=1S/C14H17ClN2O4/c1-14(19)6-3-8-16(9-7-14)13(18)10-4-2-5-11(12(10)15)17(20)21/h2,4-5,19H,3,6-9H2,1H3. The van der Waals surface area contributed by atoms with Crippen LogP contribution in [0.25, 0.3) is 0 Å². The van der Waals surface area contributed by atoms with E-state index in [9.17, 15) is 20.0 Å². The summed E-state index contributed by atoms with van der Waals surface area (Å²) in [5.74, 6) is -0.332. The fourth-order valence-corrected chi connectivity index (χ4v) is 2.74. The minimum atomic E-state index is -0.776. The second kappa shape index (κ2) is 5.99. The Morgan fingerprint density at radius 2 is 2.14 bits per heavy atom. The molecule has 0 aliphatic carbocycles. The van der Waals surface area contributed by atoms with E-state index in [0.29, 0.717) is 32.4 Å². The van der Waals surface area contributed by atoms with Crippen LogP contribution in [0.3, 0.4) is 0 Å². The van der Waals surface area contributed by atoms with Crippen molar-refractivity contribution in [3.05, 3.63) is 38.9 Å². The van der Waals surface area contributed by atoms with Gasteiger partial charge in [0.15, 0.2) is 0 Å². The van der Waals surface area contributed by atoms with Gasteiger partial charge in [0.2, 0.25) is 0 Å². The van der Waals surface area contributed by atoms with Gasteiger partial charge in [0, 0.05) is 19.2 Å². The van der Waals surface area contributed by atoms with Gasteiger partial charge in [-0.1, -0.05) is 17.7 Å². The number of rotatable bonds is 2. The third kappa shape index (κ3) is 3.51. The molecule has 0 saturated carbocycles. The van der Waals surface area contributed by atoms with Gasteiger partial charge in [0.05, 0.1) is 16.1 Å². The first kappa shape index (κ1) is 15.7. The van der Waals surface area contributed by atoms with Gasteiger partial charge in [-0.25, -0.2) is 0 Å². The lowest BCUT2D eigenvalue weighted by Crippen LogP contribution is -2.33. The van der Waals surface area contributed by atoms with Crippen molar-refractivity contribution in [2.45, 2.75) is 31.8 Å².